The van der Waals surface area contributed by atoms with Crippen LogP contribution >= 0.6 is 11.3 Å². The SMILES string of the molecule is c1cc(N2CCOCC2)nc(N2CCN(c3ncnc4ccsc34)CC2)n1. The zero-order valence-corrected chi connectivity index (χ0v) is 15.8. The predicted octanol–water partition coefficient (Wildman–Crippen LogP) is 1.64. The summed E-state index contributed by atoms with van der Waals surface area (Å²) >= 11 is 1.70. The molecule has 0 N–H and O–H groups in total. The van der Waals surface area contributed by atoms with Crippen LogP contribution in [0.15, 0.2) is 30.0 Å². The molecule has 0 spiro atoms. The van der Waals surface area contributed by atoms with Gasteiger partial charge in [0.15, 0.2) is 0 Å². The number of aromatic nitrogens is 4. The van der Waals surface area contributed by atoms with Gasteiger partial charge in [0.2, 0.25) is 5.95 Å². The third-order valence-electron chi connectivity index (χ3n) is 5.05. The highest BCUT2D eigenvalue weighted by Crippen LogP contribution is 2.29. The van der Waals surface area contributed by atoms with E-state index in [-0.39, 0.29) is 0 Å². The molecule has 5 heterocycles. The number of piperazine rings is 1. The standard InChI is InChI=1S/C18H21N7OS/c1-3-19-18(22-15(1)23-8-10-26-11-9-23)25-6-4-24(5-7-25)17-16-14(2-12-27-16)20-13-21-17/h1-3,12-13H,4-11H2. The van der Waals surface area contributed by atoms with Crippen LogP contribution in [0.2, 0.25) is 0 Å². The summed E-state index contributed by atoms with van der Waals surface area (Å²) in [5.41, 5.74) is 1.02. The Hall–Kier alpha value is -2.52. The normalized spacial score (nSPS) is 18.3. The lowest BCUT2D eigenvalue weighted by atomic mass is 10.3. The Bertz CT molecular complexity index is 919. The van der Waals surface area contributed by atoms with Gasteiger partial charge in [-0.3, -0.25) is 0 Å². The summed E-state index contributed by atoms with van der Waals surface area (Å²) in [5.74, 6) is 2.84. The fraction of sp³-hybridized carbons (Fsp3) is 0.444. The van der Waals surface area contributed by atoms with E-state index in [1.165, 1.54) is 0 Å². The minimum Gasteiger partial charge on any atom is -0.378 e. The second-order valence-electron chi connectivity index (χ2n) is 6.62. The zero-order valence-electron chi connectivity index (χ0n) is 15.0. The maximum absolute atomic E-state index is 5.44. The molecule has 2 saturated heterocycles. The van der Waals surface area contributed by atoms with Crippen LogP contribution in [-0.4, -0.2) is 72.4 Å². The van der Waals surface area contributed by atoms with Crippen molar-refractivity contribution in [3.05, 3.63) is 30.0 Å². The number of morpholine rings is 1. The Labute approximate surface area is 161 Å². The molecule has 3 aromatic heterocycles. The molecule has 0 atom stereocenters. The van der Waals surface area contributed by atoms with E-state index in [1.54, 1.807) is 17.7 Å². The van der Waals surface area contributed by atoms with Crippen LogP contribution < -0.4 is 14.7 Å². The second kappa shape index (κ2) is 7.24. The van der Waals surface area contributed by atoms with Crippen molar-refractivity contribution in [2.75, 3.05) is 67.2 Å². The average Bonchev–Trinajstić information content (AvgIpc) is 3.24. The van der Waals surface area contributed by atoms with E-state index >= 15 is 0 Å². The highest BCUT2D eigenvalue weighted by atomic mass is 32.1. The molecule has 0 aliphatic carbocycles. The van der Waals surface area contributed by atoms with E-state index in [1.807, 2.05) is 18.3 Å². The lowest BCUT2D eigenvalue weighted by molar-refractivity contribution is 0.122. The summed E-state index contributed by atoms with van der Waals surface area (Å²) < 4.78 is 6.60. The number of rotatable bonds is 3. The summed E-state index contributed by atoms with van der Waals surface area (Å²) in [4.78, 5) is 25.0. The number of fused-ring (bicyclic) bond motifs is 1. The zero-order chi connectivity index (χ0) is 18.1. The largest absolute Gasteiger partial charge is 0.378 e. The van der Waals surface area contributed by atoms with Gasteiger partial charge in [0.05, 0.1) is 23.4 Å². The Kier molecular flexibility index (Phi) is 4.46. The second-order valence-corrected chi connectivity index (χ2v) is 7.54. The highest BCUT2D eigenvalue weighted by molar-refractivity contribution is 7.17. The topological polar surface area (TPSA) is 70.5 Å². The third-order valence-corrected chi connectivity index (χ3v) is 5.95. The predicted molar refractivity (Wildman–Crippen MR) is 107 cm³/mol. The molecule has 0 radical (unpaired) electrons. The van der Waals surface area contributed by atoms with Crippen molar-refractivity contribution in [3.63, 3.8) is 0 Å². The lowest BCUT2D eigenvalue weighted by Gasteiger charge is -2.36. The van der Waals surface area contributed by atoms with Crippen LogP contribution in [-0.2, 0) is 4.74 Å². The van der Waals surface area contributed by atoms with Gasteiger partial charge in [-0.1, -0.05) is 0 Å². The molecular weight excluding hydrogens is 362 g/mol. The molecule has 0 unspecified atom stereocenters. The van der Waals surface area contributed by atoms with E-state index in [0.717, 1.165) is 80.3 Å². The first-order chi connectivity index (χ1) is 13.4. The molecule has 0 bridgehead atoms. The Morgan fingerprint density at radius 1 is 0.852 bits per heavy atom. The summed E-state index contributed by atoms with van der Waals surface area (Å²) in [7, 11) is 0. The Balaban J connectivity index is 1.30. The number of hydrogen-bond donors (Lipinski definition) is 0. The van der Waals surface area contributed by atoms with E-state index in [4.69, 9.17) is 9.72 Å². The molecular formula is C18H21N7OS. The van der Waals surface area contributed by atoms with E-state index < -0.39 is 0 Å². The molecule has 140 valence electrons. The van der Waals surface area contributed by atoms with Gasteiger partial charge in [0.25, 0.3) is 0 Å². The first-order valence-corrected chi connectivity index (χ1v) is 10.1. The van der Waals surface area contributed by atoms with Crippen LogP contribution in [0.1, 0.15) is 0 Å². The molecule has 8 nitrogen and oxygen atoms in total. The average molecular weight is 383 g/mol. The van der Waals surface area contributed by atoms with E-state index in [2.05, 4.69) is 35.0 Å². The maximum Gasteiger partial charge on any atom is 0.227 e. The van der Waals surface area contributed by atoms with Crippen LogP contribution in [0, 0.1) is 0 Å². The maximum atomic E-state index is 5.44. The van der Waals surface area contributed by atoms with Crippen molar-refractivity contribution in [2.45, 2.75) is 0 Å². The summed E-state index contributed by atoms with van der Waals surface area (Å²) in [6.45, 7) is 6.84. The van der Waals surface area contributed by atoms with Gasteiger partial charge in [-0.25, -0.2) is 15.0 Å². The van der Waals surface area contributed by atoms with E-state index in [9.17, 15) is 0 Å². The van der Waals surface area contributed by atoms with Crippen LogP contribution in [0.5, 0.6) is 0 Å². The number of hydrogen-bond acceptors (Lipinski definition) is 9. The molecule has 3 aromatic rings. The minimum absolute atomic E-state index is 0.758. The Morgan fingerprint density at radius 2 is 1.67 bits per heavy atom. The Morgan fingerprint density at radius 3 is 2.52 bits per heavy atom. The van der Waals surface area contributed by atoms with Crippen molar-refractivity contribution in [1.82, 2.24) is 19.9 Å². The van der Waals surface area contributed by atoms with Gasteiger partial charge < -0.3 is 19.4 Å². The lowest BCUT2D eigenvalue weighted by Crippen LogP contribution is -2.47. The van der Waals surface area contributed by atoms with Gasteiger partial charge in [-0.2, -0.15) is 4.98 Å². The number of anilines is 3. The highest BCUT2D eigenvalue weighted by Gasteiger charge is 2.23. The molecule has 2 aliphatic heterocycles. The fourth-order valence-electron chi connectivity index (χ4n) is 3.58. The van der Waals surface area contributed by atoms with Crippen molar-refractivity contribution >= 4 is 39.1 Å². The monoisotopic (exact) mass is 383 g/mol. The minimum atomic E-state index is 0.758. The number of ether oxygens (including phenoxy) is 1. The number of nitrogens with zero attached hydrogens (tertiary/aromatic N) is 7. The summed E-state index contributed by atoms with van der Waals surface area (Å²) in [6, 6.07) is 4.03. The molecule has 0 aromatic carbocycles. The van der Waals surface area contributed by atoms with Crippen molar-refractivity contribution < 1.29 is 4.74 Å². The van der Waals surface area contributed by atoms with E-state index in [0.29, 0.717) is 0 Å². The van der Waals surface area contributed by atoms with Crippen molar-refractivity contribution in [2.24, 2.45) is 0 Å². The van der Waals surface area contributed by atoms with Gasteiger partial charge in [0, 0.05) is 45.5 Å². The quantitative estimate of drug-likeness (QED) is 0.676. The molecule has 27 heavy (non-hydrogen) atoms. The third kappa shape index (κ3) is 3.28. The van der Waals surface area contributed by atoms with Gasteiger partial charge in [-0.05, 0) is 17.5 Å². The summed E-state index contributed by atoms with van der Waals surface area (Å²) in [6.07, 6.45) is 3.52. The van der Waals surface area contributed by atoms with Gasteiger partial charge in [-0.15, -0.1) is 11.3 Å². The molecule has 0 saturated carbocycles. The molecule has 2 fully saturated rings. The van der Waals surface area contributed by atoms with Crippen LogP contribution in [0.4, 0.5) is 17.6 Å². The van der Waals surface area contributed by atoms with Gasteiger partial charge in [0.1, 0.15) is 18.0 Å². The van der Waals surface area contributed by atoms with Crippen molar-refractivity contribution in [1.29, 1.82) is 0 Å². The first kappa shape index (κ1) is 16.6. The van der Waals surface area contributed by atoms with Gasteiger partial charge >= 0.3 is 0 Å². The van der Waals surface area contributed by atoms with Crippen molar-refractivity contribution in [3.8, 4) is 0 Å². The molecule has 5 rings (SSSR count). The number of thiophene rings is 1. The summed E-state index contributed by atoms with van der Waals surface area (Å²) in [5, 5.41) is 2.07. The van der Waals surface area contributed by atoms with Crippen LogP contribution in [0.3, 0.4) is 0 Å². The molecule has 2 aliphatic rings. The molecule has 9 heteroatoms. The fourth-order valence-corrected chi connectivity index (χ4v) is 4.44. The smallest absolute Gasteiger partial charge is 0.227 e. The first-order valence-electron chi connectivity index (χ1n) is 9.22. The van der Waals surface area contributed by atoms with Crippen LogP contribution in [0.25, 0.3) is 10.2 Å². The molecule has 0 amide bonds.